The van der Waals surface area contributed by atoms with Gasteiger partial charge in [0.2, 0.25) is 0 Å². The molecule has 0 aliphatic rings. The average Bonchev–Trinajstić information content (AvgIpc) is 2.63. The van der Waals surface area contributed by atoms with Crippen molar-refractivity contribution in [1.29, 1.82) is 0 Å². The molecule has 1 aromatic heterocycles. The third-order valence-corrected chi connectivity index (χ3v) is 2.55. The van der Waals surface area contributed by atoms with Crippen molar-refractivity contribution in [2.45, 2.75) is 25.8 Å². The maximum Gasteiger partial charge on any atom is 0.328 e. The van der Waals surface area contributed by atoms with Gasteiger partial charge in [0, 0.05) is 31.9 Å². The molecule has 18 heavy (non-hydrogen) atoms. The molecule has 0 aromatic carbocycles. The Kier molecular flexibility index (Phi) is 4.30. The summed E-state index contributed by atoms with van der Waals surface area (Å²) in [5.41, 5.74) is -0.288. The largest absolute Gasteiger partial charge is 0.480 e. The number of rotatable bonds is 5. The van der Waals surface area contributed by atoms with Crippen molar-refractivity contribution in [1.82, 2.24) is 20.4 Å². The van der Waals surface area contributed by atoms with Gasteiger partial charge in [0.15, 0.2) is 0 Å². The molecule has 0 atom stereocenters. The van der Waals surface area contributed by atoms with E-state index in [1.807, 2.05) is 13.1 Å². The maximum absolute atomic E-state index is 11.5. The minimum Gasteiger partial charge on any atom is -0.480 e. The molecule has 7 heteroatoms. The van der Waals surface area contributed by atoms with Gasteiger partial charge >= 0.3 is 12.0 Å². The van der Waals surface area contributed by atoms with Crippen LogP contribution in [0.4, 0.5) is 4.79 Å². The molecule has 0 unspecified atom stereocenters. The van der Waals surface area contributed by atoms with Gasteiger partial charge in [-0.2, -0.15) is 5.10 Å². The van der Waals surface area contributed by atoms with E-state index in [0.717, 1.165) is 5.69 Å². The second kappa shape index (κ2) is 5.52. The van der Waals surface area contributed by atoms with E-state index in [2.05, 4.69) is 15.7 Å². The molecule has 0 fully saturated rings. The first-order valence-electron chi connectivity index (χ1n) is 5.59. The van der Waals surface area contributed by atoms with E-state index in [4.69, 9.17) is 5.11 Å². The number of nitrogens with one attached hydrogen (secondary N) is 2. The van der Waals surface area contributed by atoms with E-state index in [1.165, 1.54) is 13.8 Å². The SMILES string of the molecule is Cn1nccc1CCNC(=O)NC(C)(C)C(=O)O. The first kappa shape index (κ1) is 14.0. The van der Waals surface area contributed by atoms with Crippen molar-refractivity contribution in [3.05, 3.63) is 18.0 Å². The molecule has 0 saturated heterocycles. The Morgan fingerprint density at radius 2 is 2.17 bits per heavy atom. The third-order valence-electron chi connectivity index (χ3n) is 2.55. The van der Waals surface area contributed by atoms with Crippen LogP contribution in [-0.4, -0.2) is 39.0 Å². The summed E-state index contributed by atoms with van der Waals surface area (Å²) >= 11 is 0. The number of aliphatic carboxylic acids is 1. The Labute approximate surface area is 105 Å². The van der Waals surface area contributed by atoms with Crippen molar-refractivity contribution in [3.63, 3.8) is 0 Å². The molecule has 0 bridgehead atoms. The summed E-state index contributed by atoms with van der Waals surface area (Å²) in [6, 6.07) is 1.37. The van der Waals surface area contributed by atoms with Crippen LogP contribution in [0.2, 0.25) is 0 Å². The summed E-state index contributed by atoms with van der Waals surface area (Å²) in [5, 5.41) is 17.8. The number of carbonyl (C=O) groups excluding carboxylic acids is 1. The van der Waals surface area contributed by atoms with Crippen molar-refractivity contribution in [3.8, 4) is 0 Å². The molecule has 0 aliphatic heterocycles. The minimum atomic E-state index is -1.28. The predicted octanol–water partition coefficient (Wildman–Crippen LogP) is 0.125. The number of carbonyl (C=O) groups is 2. The van der Waals surface area contributed by atoms with Crippen molar-refractivity contribution in [2.24, 2.45) is 7.05 Å². The zero-order valence-electron chi connectivity index (χ0n) is 10.7. The summed E-state index contributed by atoms with van der Waals surface area (Å²) in [6.07, 6.45) is 2.32. The third kappa shape index (κ3) is 3.76. The van der Waals surface area contributed by atoms with Crippen LogP contribution in [0.1, 0.15) is 19.5 Å². The number of carboxylic acids is 1. The van der Waals surface area contributed by atoms with E-state index < -0.39 is 17.5 Å². The summed E-state index contributed by atoms with van der Waals surface area (Å²) in [4.78, 5) is 22.3. The normalized spacial score (nSPS) is 11.1. The lowest BCUT2D eigenvalue weighted by Crippen LogP contribution is -2.53. The highest BCUT2D eigenvalue weighted by Gasteiger charge is 2.28. The number of aryl methyl sites for hydroxylation is 1. The first-order chi connectivity index (χ1) is 8.33. The summed E-state index contributed by atoms with van der Waals surface area (Å²) < 4.78 is 1.72. The van der Waals surface area contributed by atoms with E-state index in [9.17, 15) is 9.59 Å². The fourth-order valence-corrected chi connectivity index (χ4v) is 1.33. The van der Waals surface area contributed by atoms with Crippen LogP contribution in [0, 0.1) is 0 Å². The van der Waals surface area contributed by atoms with Gasteiger partial charge in [-0.1, -0.05) is 0 Å². The Morgan fingerprint density at radius 3 is 2.67 bits per heavy atom. The van der Waals surface area contributed by atoms with E-state index in [-0.39, 0.29) is 0 Å². The fraction of sp³-hybridized carbons (Fsp3) is 0.545. The number of hydrogen-bond acceptors (Lipinski definition) is 3. The molecular formula is C11H18N4O3. The highest BCUT2D eigenvalue weighted by molar-refractivity contribution is 5.85. The van der Waals surface area contributed by atoms with Gasteiger partial charge in [0.05, 0.1) is 0 Å². The zero-order valence-corrected chi connectivity index (χ0v) is 10.7. The number of aromatic nitrogens is 2. The second-order valence-corrected chi connectivity index (χ2v) is 4.51. The quantitative estimate of drug-likeness (QED) is 0.695. The van der Waals surface area contributed by atoms with Crippen molar-refractivity contribution in [2.75, 3.05) is 6.54 Å². The van der Waals surface area contributed by atoms with Gasteiger partial charge in [-0.3, -0.25) is 4.68 Å². The van der Waals surface area contributed by atoms with Crippen LogP contribution >= 0.6 is 0 Å². The zero-order chi connectivity index (χ0) is 13.8. The lowest BCUT2D eigenvalue weighted by atomic mass is 10.1. The van der Waals surface area contributed by atoms with Gasteiger partial charge in [0.25, 0.3) is 0 Å². The monoisotopic (exact) mass is 254 g/mol. The van der Waals surface area contributed by atoms with Crippen LogP contribution in [0.15, 0.2) is 12.3 Å². The molecule has 100 valence electrons. The number of amides is 2. The Morgan fingerprint density at radius 1 is 1.50 bits per heavy atom. The van der Waals surface area contributed by atoms with Crippen LogP contribution < -0.4 is 10.6 Å². The van der Waals surface area contributed by atoms with Gasteiger partial charge in [-0.15, -0.1) is 0 Å². The minimum absolute atomic E-state index is 0.418. The predicted molar refractivity (Wildman–Crippen MR) is 65.2 cm³/mol. The average molecular weight is 254 g/mol. The number of hydrogen-bond donors (Lipinski definition) is 3. The summed E-state index contributed by atoms with van der Waals surface area (Å²) in [5.74, 6) is -1.08. The Hall–Kier alpha value is -2.05. The summed E-state index contributed by atoms with van der Waals surface area (Å²) in [7, 11) is 1.82. The smallest absolute Gasteiger partial charge is 0.328 e. The van der Waals surface area contributed by atoms with Crippen molar-refractivity contribution >= 4 is 12.0 Å². The molecule has 0 radical (unpaired) electrons. The molecule has 1 aromatic rings. The highest BCUT2D eigenvalue weighted by atomic mass is 16.4. The Bertz CT molecular complexity index is 439. The molecule has 2 amide bonds. The second-order valence-electron chi connectivity index (χ2n) is 4.51. The van der Waals surface area contributed by atoms with Crippen LogP contribution in [0.5, 0.6) is 0 Å². The van der Waals surface area contributed by atoms with Gasteiger partial charge in [0.1, 0.15) is 5.54 Å². The lowest BCUT2D eigenvalue weighted by Gasteiger charge is -2.21. The van der Waals surface area contributed by atoms with Crippen LogP contribution in [0.25, 0.3) is 0 Å². The lowest BCUT2D eigenvalue weighted by molar-refractivity contribution is -0.142. The molecule has 3 N–H and O–H groups in total. The number of carboxylic acid groups (broad SMARTS) is 1. The highest BCUT2D eigenvalue weighted by Crippen LogP contribution is 2.01. The van der Waals surface area contributed by atoms with E-state index in [1.54, 1.807) is 10.9 Å². The molecule has 0 aliphatic carbocycles. The van der Waals surface area contributed by atoms with Gasteiger partial charge in [-0.05, 0) is 19.9 Å². The maximum atomic E-state index is 11.5. The molecule has 0 spiro atoms. The van der Waals surface area contributed by atoms with Crippen LogP contribution in [-0.2, 0) is 18.3 Å². The van der Waals surface area contributed by atoms with Crippen molar-refractivity contribution < 1.29 is 14.7 Å². The molecule has 0 saturated carbocycles. The summed E-state index contributed by atoms with van der Waals surface area (Å²) in [6.45, 7) is 3.27. The first-order valence-corrected chi connectivity index (χ1v) is 5.59. The number of urea groups is 1. The van der Waals surface area contributed by atoms with Gasteiger partial charge < -0.3 is 15.7 Å². The van der Waals surface area contributed by atoms with Crippen LogP contribution in [0.3, 0.4) is 0 Å². The van der Waals surface area contributed by atoms with Gasteiger partial charge in [-0.25, -0.2) is 9.59 Å². The number of nitrogens with zero attached hydrogens (tertiary/aromatic N) is 2. The van der Waals surface area contributed by atoms with E-state index >= 15 is 0 Å². The molecule has 1 heterocycles. The molecule has 7 nitrogen and oxygen atoms in total. The van der Waals surface area contributed by atoms with E-state index in [0.29, 0.717) is 13.0 Å². The molecule has 1 rings (SSSR count). The Balaban J connectivity index is 2.34. The fourth-order valence-electron chi connectivity index (χ4n) is 1.33. The standard InChI is InChI=1S/C11H18N4O3/c1-11(2,9(16)17)14-10(18)12-6-4-8-5-7-13-15(8)3/h5,7H,4,6H2,1-3H3,(H,16,17)(H2,12,14,18). The topological polar surface area (TPSA) is 96.3 Å². The molecular weight excluding hydrogens is 236 g/mol.